The maximum atomic E-state index is 15.8. The number of nitrogens with one attached hydrogen (secondary N) is 1. The van der Waals surface area contributed by atoms with Gasteiger partial charge in [0.1, 0.15) is 16.9 Å². The van der Waals surface area contributed by atoms with Crippen molar-refractivity contribution in [2.45, 2.75) is 70.7 Å². The smallest absolute Gasteiger partial charge is 0.410 e. The molecule has 1 unspecified atom stereocenters. The second-order valence-electron chi connectivity index (χ2n) is 12.7. The number of rotatable bonds is 6. The lowest BCUT2D eigenvalue weighted by Gasteiger charge is -2.42. The van der Waals surface area contributed by atoms with E-state index in [1.807, 2.05) is 33.0 Å². The number of aromatic nitrogens is 2. The Balaban J connectivity index is 1.14. The maximum absolute atomic E-state index is 15.8. The number of pyridine rings is 1. The average molecular weight is 571 g/mol. The van der Waals surface area contributed by atoms with Gasteiger partial charge in [-0.3, -0.25) is 14.9 Å². The van der Waals surface area contributed by atoms with Gasteiger partial charge in [-0.15, -0.1) is 0 Å². The van der Waals surface area contributed by atoms with E-state index >= 15 is 4.39 Å². The zero-order valence-electron chi connectivity index (χ0n) is 24.4. The molecule has 2 aromatic heterocycles. The number of ether oxygens (including phenoxy) is 1. The highest BCUT2D eigenvalue weighted by atomic mass is 19.1. The van der Waals surface area contributed by atoms with Gasteiger partial charge in [0, 0.05) is 94.2 Å². The molecule has 1 atom stereocenters. The number of anilines is 1. The molecule has 2 fully saturated rings. The standard InChI is InChI=1S/C30H43FN6O4/c1-29(2,3)41-28(39)36-14-10-30(31,11-15-36)21-34-16-18-35(19-17-34)25-8-12-32-26-24(25)9-13-37(26)20-22-4-6-23(7-5-22)27(38)33-40/h6,8-9,12-13,22,40H,4-5,7,10-11,14-21H2,1-3H3,(H,33,38). The number of likely N-dealkylation sites (tertiary alicyclic amines) is 1. The van der Waals surface area contributed by atoms with Crippen molar-refractivity contribution in [3.63, 3.8) is 0 Å². The van der Waals surface area contributed by atoms with E-state index in [0.29, 0.717) is 50.4 Å². The third-order valence-corrected chi connectivity index (χ3v) is 8.54. The number of fused-ring (bicyclic) bond motifs is 1. The molecule has 10 nitrogen and oxygen atoms in total. The van der Waals surface area contributed by atoms with Crippen LogP contribution in [0.5, 0.6) is 0 Å². The van der Waals surface area contributed by atoms with E-state index in [0.717, 1.165) is 62.3 Å². The first kappa shape index (κ1) is 29.3. The Hall–Kier alpha value is -3.18. The van der Waals surface area contributed by atoms with Crippen molar-refractivity contribution in [1.29, 1.82) is 0 Å². The molecule has 2 aromatic rings. The summed E-state index contributed by atoms with van der Waals surface area (Å²) in [5, 5.41) is 9.99. The quantitative estimate of drug-likeness (QED) is 0.398. The first-order chi connectivity index (χ1) is 19.5. The molecule has 2 saturated heterocycles. The molecule has 11 heteroatoms. The number of hydrogen-bond acceptors (Lipinski definition) is 7. The van der Waals surface area contributed by atoms with Crippen molar-refractivity contribution in [3.8, 4) is 0 Å². The SMILES string of the molecule is CC(C)(C)OC(=O)N1CCC(F)(CN2CCN(c3ccnc4c3ccn4CC3CC=C(C(=O)NO)CC3)CC2)CC1. The molecule has 2 aliphatic heterocycles. The van der Waals surface area contributed by atoms with E-state index < -0.39 is 17.2 Å². The summed E-state index contributed by atoms with van der Waals surface area (Å²) in [6, 6.07) is 4.19. The Labute approximate surface area is 241 Å². The summed E-state index contributed by atoms with van der Waals surface area (Å²) in [6.07, 6.45) is 8.51. The predicted octanol–water partition coefficient (Wildman–Crippen LogP) is 4.13. The van der Waals surface area contributed by atoms with Gasteiger partial charge in [-0.2, -0.15) is 0 Å². The Morgan fingerprint density at radius 1 is 1.15 bits per heavy atom. The Bertz CT molecular complexity index is 1270. The van der Waals surface area contributed by atoms with Crippen LogP contribution in [0.2, 0.25) is 0 Å². The average Bonchev–Trinajstić information content (AvgIpc) is 3.35. The van der Waals surface area contributed by atoms with Crippen LogP contribution < -0.4 is 10.4 Å². The fraction of sp³-hybridized carbons (Fsp3) is 0.633. The van der Waals surface area contributed by atoms with E-state index in [-0.39, 0.29) is 6.09 Å². The number of piperazine rings is 1. The topological polar surface area (TPSA) is 103 Å². The van der Waals surface area contributed by atoms with E-state index in [1.165, 1.54) is 0 Å². The number of carbonyl (C=O) groups is 2. The molecule has 0 aromatic carbocycles. The largest absolute Gasteiger partial charge is 0.444 e. The highest BCUT2D eigenvalue weighted by molar-refractivity contribution is 5.92. The number of nitrogens with zero attached hydrogens (tertiary/aromatic N) is 5. The summed E-state index contributed by atoms with van der Waals surface area (Å²) in [5.74, 6) is -0.00889. The third-order valence-electron chi connectivity index (χ3n) is 8.54. The summed E-state index contributed by atoms with van der Waals surface area (Å²) in [7, 11) is 0. The third kappa shape index (κ3) is 7.01. The molecule has 0 radical (unpaired) electrons. The molecule has 3 aliphatic rings. The summed E-state index contributed by atoms with van der Waals surface area (Å²) in [5.41, 5.74) is 2.63. The van der Waals surface area contributed by atoms with Gasteiger partial charge in [-0.1, -0.05) is 6.08 Å². The molecule has 0 bridgehead atoms. The van der Waals surface area contributed by atoms with Crippen molar-refractivity contribution >= 4 is 28.7 Å². The van der Waals surface area contributed by atoms with Crippen molar-refractivity contribution in [1.82, 2.24) is 24.8 Å². The van der Waals surface area contributed by atoms with Crippen LogP contribution in [0.25, 0.3) is 11.0 Å². The minimum atomic E-state index is -1.29. The van der Waals surface area contributed by atoms with Crippen LogP contribution in [0, 0.1) is 5.92 Å². The Morgan fingerprint density at radius 2 is 1.88 bits per heavy atom. The number of allylic oxidation sites excluding steroid dienone is 1. The molecule has 2 amide bonds. The fourth-order valence-corrected chi connectivity index (χ4v) is 6.23. The van der Waals surface area contributed by atoms with Crippen molar-refractivity contribution < 1.29 is 23.9 Å². The fourth-order valence-electron chi connectivity index (χ4n) is 6.23. The lowest BCUT2D eigenvalue weighted by Crippen LogP contribution is -2.54. The second-order valence-corrected chi connectivity index (χ2v) is 12.7. The van der Waals surface area contributed by atoms with Crippen LogP contribution in [0.15, 0.2) is 36.2 Å². The second kappa shape index (κ2) is 12.0. The lowest BCUT2D eigenvalue weighted by atomic mass is 9.89. The van der Waals surface area contributed by atoms with E-state index in [9.17, 15) is 9.59 Å². The Morgan fingerprint density at radius 3 is 2.51 bits per heavy atom. The van der Waals surface area contributed by atoms with Crippen molar-refractivity contribution in [3.05, 3.63) is 36.2 Å². The molecule has 0 saturated carbocycles. The summed E-state index contributed by atoms with van der Waals surface area (Å²) in [4.78, 5) is 34.9. The number of carbonyl (C=O) groups excluding carboxylic acids is 2. The zero-order valence-corrected chi connectivity index (χ0v) is 24.4. The molecule has 2 N–H and O–H groups in total. The van der Waals surface area contributed by atoms with Crippen LogP contribution in [0.3, 0.4) is 0 Å². The molecular weight excluding hydrogens is 527 g/mol. The number of amides is 2. The van der Waals surface area contributed by atoms with Crippen LogP contribution in [-0.2, 0) is 16.1 Å². The monoisotopic (exact) mass is 570 g/mol. The van der Waals surface area contributed by atoms with Gasteiger partial charge < -0.3 is 19.1 Å². The van der Waals surface area contributed by atoms with Crippen LogP contribution in [-0.4, -0.2) is 93.6 Å². The highest BCUT2D eigenvalue weighted by Gasteiger charge is 2.39. The summed E-state index contributed by atoms with van der Waals surface area (Å²) >= 11 is 0. The van der Waals surface area contributed by atoms with Gasteiger partial charge in [-0.05, 0) is 58.1 Å². The number of piperidine rings is 1. The first-order valence-corrected chi connectivity index (χ1v) is 14.7. The van der Waals surface area contributed by atoms with Crippen molar-refractivity contribution in [2.24, 2.45) is 5.92 Å². The van der Waals surface area contributed by atoms with Gasteiger partial charge in [-0.25, -0.2) is 19.6 Å². The summed E-state index contributed by atoms with van der Waals surface area (Å²) in [6.45, 7) is 10.7. The molecule has 4 heterocycles. The summed E-state index contributed by atoms with van der Waals surface area (Å²) < 4.78 is 23.4. The number of halogens is 1. The van der Waals surface area contributed by atoms with E-state index in [1.54, 1.807) is 10.4 Å². The minimum Gasteiger partial charge on any atom is -0.444 e. The predicted molar refractivity (Wildman–Crippen MR) is 155 cm³/mol. The Kier molecular flexibility index (Phi) is 8.56. The molecular formula is C30H43FN6O4. The molecule has 41 heavy (non-hydrogen) atoms. The van der Waals surface area contributed by atoms with Crippen LogP contribution in [0.1, 0.15) is 52.9 Å². The number of hydrogen-bond donors (Lipinski definition) is 2. The number of hydroxylamine groups is 1. The van der Waals surface area contributed by atoms with Crippen molar-refractivity contribution in [2.75, 3.05) is 50.7 Å². The zero-order chi connectivity index (χ0) is 29.2. The van der Waals surface area contributed by atoms with E-state index in [2.05, 4.69) is 37.7 Å². The van der Waals surface area contributed by atoms with Gasteiger partial charge >= 0.3 is 6.09 Å². The minimum absolute atomic E-state index is 0.331. The van der Waals surface area contributed by atoms with Gasteiger partial charge in [0.05, 0.1) is 0 Å². The van der Waals surface area contributed by atoms with Gasteiger partial charge in [0.2, 0.25) is 0 Å². The van der Waals surface area contributed by atoms with E-state index in [4.69, 9.17) is 9.94 Å². The molecule has 224 valence electrons. The maximum Gasteiger partial charge on any atom is 0.410 e. The number of alkyl halides is 1. The lowest BCUT2D eigenvalue weighted by molar-refractivity contribution is -0.125. The molecule has 1 aliphatic carbocycles. The molecule has 0 spiro atoms. The van der Waals surface area contributed by atoms with Crippen LogP contribution in [0.4, 0.5) is 14.9 Å². The van der Waals surface area contributed by atoms with Gasteiger partial charge in [0.25, 0.3) is 5.91 Å². The van der Waals surface area contributed by atoms with Gasteiger partial charge in [0.15, 0.2) is 0 Å². The molecule has 5 rings (SSSR count). The van der Waals surface area contributed by atoms with Crippen LogP contribution >= 0.6 is 0 Å². The highest BCUT2D eigenvalue weighted by Crippen LogP contribution is 2.32. The first-order valence-electron chi connectivity index (χ1n) is 14.7. The normalized spacial score (nSPS) is 22.0.